The van der Waals surface area contributed by atoms with E-state index in [0.717, 1.165) is 12.0 Å². The number of aryl methyl sites for hydroxylation is 1. The molecule has 0 spiro atoms. The van der Waals surface area contributed by atoms with Crippen LogP contribution in [0.25, 0.3) is 11.1 Å². The summed E-state index contributed by atoms with van der Waals surface area (Å²) in [5, 5.41) is 0. The Labute approximate surface area is 83.7 Å². The van der Waals surface area contributed by atoms with Crippen LogP contribution in [0, 0.1) is 0 Å². The van der Waals surface area contributed by atoms with Crippen LogP contribution >= 0.6 is 0 Å². The van der Waals surface area contributed by atoms with E-state index in [1.807, 2.05) is 24.5 Å². The fraction of sp³-hybridized carbons (Fsp3) is 0.167. The van der Waals surface area contributed by atoms with E-state index < -0.39 is 0 Å². The molecule has 0 aliphatic heterocycles. The summed E-state index contributed by atoms with van der Waals surface area (Å²) in [5.74, 6) is 0. The standard InChI is InChI=1S/C12H12N2/c1-2-10-7-12(9-14-8-10)11-3-5-13-6-4-11/h3-9H,2H2,1H3. The molecule has 0 N–H and O–H groups in total. The molecule has 0 fully saturated rings. The molecule has 0 atom stereocenters. The summed E-state index contributed by atoms with van der Waals surface area (Å²) in [6.07, 6.45) is 8.41. The molecule has 0 amide bonds. The first-order valence-corrected chi connectivity index (χ1v) is 4.74. The van der Waals surface area contributed by atoms with Crippen molar-refractivity contribution in [1.82, 2.24) is 9.97 Å². The van der Waals surface area contributed by atoms with E-state index in [2.05, 4.69) is 23.0 Å². The Morgan fingerprint density at radius 1 is 1.00 bits per heavy atom. The number of aromatic nitrogens is 2. The van der Waals surface area contributed by atoms with Crippen LogP contribution in [-0.4, -0.2) is 9.97 Å². The van der Waals surface area contributed by atoms with Crippen molar-refractivity contribution in [2.45, 2.75) is 13.3 Å². The second-order valence-corrected chi connectivity index (χ2v) is 3.17. The molecule has 0 aliphatic carbocycles. The minimum Gasteiger partial charge on any atom is -0.265 e. The number of hydrogen-bond acceptors (Lipinski definition) is 2. The molecule has 2 rings (SSSR count). The highest BCUT2D eigenvalue weighted by Gasteiger charge is 1.97. The van der Waals surface area contributed by atoms with E-state index in [-0.39, 0.29) is 0 Å². The summed E-state index contributed by atoms with van der Waals surface area (Å²) in [6, 6.07) is 6.16. The first kappa shape index (κ1) is 8.88. The molecule has 14 heavy (non-hydrogen) atoms. The van der Waals surface area contributed by atoms with Crippen molar-refractivity contribution >= 4 is 0 Å². The van der Waals surface area contributed by atoms with Crippen LogP contribution in [0.2, 0.25) is 0 Å². The maximum atomic E-state index is 4.21. The lowest BCUT2D eigenvalue weighted by molar-refractivity contribution is 1.10. The zero-order valence-electron chi connectivity index (χ0n) is 8.14. The highest BCUT2D eigenvalue weighted by atomic mass is 14.6. The molecule has 0 unspecified atom stereocenters. The second-order valence-electron chi connectivity index (χ2n) is 3.17. The predicted octanol–water partition coefficient (Wildman–Crippen LogP) is 2.71. The summed E-state index contributed by atoms with van der Waals surface area (Å²) in [4.78, 5) is 8.20. The van der Waals surface area contributed by atoms with Crippen LogP contribution in [0.3, 0.4) is 0 Å². The van der Waals surface area contributed by atoms with Gasteiger partial charge in [0.1, 0.15) is 0 Å². The van der Waals surface area contributed by atoms with Gasteiger partial charge in [0.2, 0.25) is 0 Å². The molecule has 0 radical (unpaired) electrons. The van der Waals surface area contributed by atoms with Gasteiger partial charge in [-0.25, -0.2) is 0 Å². The third-order valence-electron chi connectivity index (χ3n) is 2.22. The molecule has 0 saturated heterocycles. The van der Waals surface area contributed by atoms with Crippen molar-refractivity contribution < 1.29 is 0 Å². The van der Waals surface area contributed by atoms with Gasteiger partial charge >= 0.3 is 0 Å². The minimum absolute atomic E-state index is 1.02. The molecular formula is C12H12N2. The minimum atomic E-state index is 1.02. The summed E-state index contributed by atoms with van der Waals surface area (Å²) >= 11 is 0. The van der Waals surface area contributed by atoms with Crippen molar-refractivity contribution in [3.05, 3.63) is 48.5 Å². The first-order valence-electron chi connectivity index (χ1n) is 4.74. The van der Waals surface area contributed by atoms with Crippen LogP contribution in [0.15, 0.2) is 43.0 Å². The van der Waals surface area contributed by atoms with E-state index in [9.17, 15) is 0 Å². The lowest BCUT2D eigenvalue weighted by Gasteiger charge is -2.02. The monoisotopic (exact) mass is 184 g/mol. The zero-order chi connectivity index (χ0) is 9.80. The van der Waals surface area contributed by atoms with Gasteiger partial charge in [0, 0.05) is 30.4 Å². The summed E-state index contributed by atoms with van der Waals surface area (Å²) in [7, 11) is 0. The smallest absolute Gasteiger partial charge is 0.0346 e. The quantitative estimate of drug-likeness (QED) is 0.717. The Morgan fingerprint density at radius 3 is 2.50 bits per heavy atom. The van der Waals surface area contributed by atoms with Crippen LogP contribution < -0.4 is 0 Å². The Balaban J connectivity index is 2.42. The van der Waals surface area contributed by atoms with Crippen molar-refractivity contribution in [3.63, 3.8) is 0 Å². The van der Waals surface area contributed by atoms with Gasteiger partial charge in [0.05, 0.1) is 0 Å². The van der Waals surface area contributed by atoms with Crippen LogP contribution in [0.5, 0.6) is 0 Å². The summed E-state index contributed by atoms with van der Waals surface area (Å²) in [6.45, 7) is 2.13. The normalized spacial score (nSPS) is 10.1. The summed E-state index contributed by atoms with van der Waals surface area (Å²) in [5.41, 5.74) is 3.59. The van der Waals surface area contributed by atoms with Gasteiger partial charge in [-0.1, -0.05) is 6.92 Å². The van der Waals surface area contributed by atoms with Crippen molar-refractivity contribution in [2.24, 2.45) is 0 Å². The van der Waals surface area contributed by atoms with Crippen molar-refractivity contribution in [1.29, 1.82) is 0 Å². The molecule has 0 saturated carbocycles. The lowest BCUT2D eigenvalue weighted by Crippen LogP contribution is -1.85. The van der Waals surface area contributed by atoms with Gasteiger partial charge in [-0.15, -0.1) is 0 Å². The van der Waals surface area contributed by atoms with E-state index in [0.29, 0.717) is 0 Å². The highest BCUT2D eigenvalue weighted by Crippen LogP contribution is 2.18. The molecule has 70 valence electrons. The van der Waals surface area contributed by atoms with Crippen LogP contribution in [-0.2, 0) is 6.42 Å². The van der Waals surface area contributed by atoms with E-state index in [4.69, 9.17) is 0 Å². The predicted molar refractivity (Wildman–Crippen MR) is 56.8 cm³/mol. The maximum Gasteiger partial charge on any atom is 0.0346 e. The molecule has 0 aliphatic rings. The fourth-order valence-corrected chi connectivity index (χ4v) is 1.38. The van der Waals surface area contributed by atoms with Crippen LogP contribution in [0.4, 0.5) is 0 Å². The largest absolute Gasteiger partial charge is 0.265 e. The molecule has 0 bridgehead atoms. The Morgan fingerprint density at radius 2 is 1.79 bits per heavy atom. The molecule has 2 aromatic rings. The van der Waals surface area contributed by atoms with Crippen LogP contribution in [0.1, 0.15) is 12.5 Å². The fourth-order valence-electron chi connectivity index (χ4n) is 1.38. The van der Waals surface area contributed by atoms with Gasteiger partial charge in [0.25, 0.3) is 0 Å². The summed E-state index contributed by atoms with van der Waals surface area (Å²) < 4.78 is 0. The van der Waals surface area contributed by atoms with E-state index in [1.165, 1.54) is 11.1 Å². The SMILES string of the molecule is CCc1cncc(-c2ccncc2)c1. The maximum absolute atomic E-state index is 4.21. The average Bonchev–Trinajstić information content (AvgIpc) is 2.30. The molecule has 2 aromatic heterocycles. The lowest BCUT2D eigenvalue weighted by atomic mass is 10.1. The third kappa shape index (κ3) is 1.79. The third-order valence-corrected chi connectivity index (χ3v) is 2.22. The first-order chi connectivity index (χ1) is 6.90. The van der Waals surface area contributed by atoms with E-state index in [1.54, 1.807) is 12.4 Å². The van der Waals surface area contributed by atoms with Gasteiger partial charge in [0.15, 0.2) is 0 Å². The Bertz CT molecular complexity index is 410. The molecule has 2 heteroatoms. The molecule has 0 aromatic carbocycles. The molecular weight excluding hydrogens is 172 g/mol. The number of pyridine rings is 2. The Kier molecular flexibility index (Phi) is 2.54. The van der Waals surface area contributed by atoms with Gasteiger partial charge < -0.3 is 0 Å². The highest BCUT2D eigenvalue weighted by molar-refractivity contribution is 5.62. The van der Waals surface area contributed by atoms with Gasteiger partial charge in [-0.3, -0.25) is 9.97 Å². The number of nitrogens with zero attached hydrogens (tertiary/aromatic N) is 2. The van der Waals surface area contributed by atoms with Crippen molar-refractivity contribution in [3.8, 4) is 11.1 Å². The van der Waals surface area contributed by atoms with Gasteiger partial charge in [-0.05, 0) is 35.7 Å². The van der Waals surface area contributed by atoms with E-state index >= 15 is 0 Å². The number of hydrogen-bond donors (Lipinski definition) is 0. The van der Waals surface area contributed by atoms with Gasteiger partial charge in [-0.2, -0.15) is 0 Å². The second kappa shape index (κ2) is 4.01. The zero-order valence-corrected chi connectivity index (χ0v) is 8.14. The number of rotatable bonds is 2. The van der Waals surface area contributed by atoms with Crippen molar-refractivity contribution in [2.75, 3.05) is 0 Å². The molecule has 2 nitrogen and oxygen atoms in total. The average molecular weight is 184 g/mol. The topological polar surface area (TPSA) is 25.8 Å². The molecule has 2 heterocycles. The Hall–Kier alpha value is -1.70.